The summed E-state index contributed by atoms with van der Waals surface area (Å²) in [6.07, 6.45) is 8.13. The molecule has 1 saturated carbocycles. The molecule has 36 heavy (non-hydrogen) atoms. The van der Waals surface area contributed by atoms with E-state index in [0.717, 1.165) is 37.0 Å². The van der Waals surface area contributed by atoms with Crippen molar-refractivity contribution in [3.05, 3.63) is 47.2 Å². The smallest absolute Gasteiger partial charge is 0.270 e. The van der Waals surface area contributed by atoms with E-state index < -0.39 is 12.0 Å². The van der Waals surface area contributed by atoms with E-state index in [1.54, 1.807) is 21.5 Å². The van der Waals surface area contributed by atoms with Gasteiger partial charge in [0.05, 0.1) is 23.6 Å². The van der Waals surface area contributed by atoms with Gasteiger partial charge in [0, 0.05) is 25.6 Å². The summed E-state index contributed by atoms with van der Waals surface area (Å²) in [5.74, 6) is -2.62. The number of aryl methyl sites for hydroxylation is 2. The SMILES string of the molecule is CCCC(CCC)c1cc2nc(C(NC(=O)c3ccnn3CC)C3CCC(F)(F)CC3)cn2nc1C. The van der Waals surface area contributed by atoms with Gasteiger partial charge in [-0.05, 0) is 69.1 Å². The van der Waals surface area contributed by atoms with Gasteiger partial charge in [0.25, 0.3) is 5.91 Å². The zero-order valence-electron chi connectivity index (χ0n) is 21.8. The lowest BCUT2D eigenvalue weighted by Gasteiger charge is -2.33. The van der Waals surface area contributed by atoms with E-state index >= 15 is 0 Å². The second-order valence-electron chi connectivity index (χ2n) is 10.1. The molecule has 0 bridgehead atoms. The Hall–Kier alpha value is -2.84. The number of aromatic nitrogens is 5. The highest BCUT2D eigenvalue weighted by Crippen LogP contribution is 2.41. The minimum absolute atomic E-state index is 0.134. The molecule has 1 unspecified atom stereocenters. The number of nitrogens with one attached hydrogen (secondary N) is 1. The molecule has 3 aromatic heterocycles. The number of alkyl halides is 2. The summed E-state index contributed by atoms with van der Waals surface area (Å²) in [5, 5.41) is 12.1. The first-order valence-electron chi connectivity index (χ1n) is 13.3. The molecule has 0 saturated heterocycles. The van der Waals surface area contributed by atoms with Crippen LogP contribution in [0.1, 0.15) is 112 Å². The number of hydrogen-bond acceptors (Lipinski definition) is 4. The maximum Gasteiger partial charge on any atom is 0.270 e. The predicted molar refractivity (Wildman–Crippen MR) is 135 cm³/mol. The Bertz CT molecular complexity index is 1170. The predicted octanol–water partition coefficient (Wildman–Crippen LogP) is 6.23. The summed E-state index contributed by atoms with van der Waals surface area (Å²) in [5.41, 5.74) is 4.02. The van der Waals surface area contributed by atoms with E-state index in [1.165, 1.54) is 5.56 Å². The van der Waals surface area contributed by atoms with Gasteiger partial charge < -0.3 is 5.32 Å². The second-order valence-corrected chi connectivity index (χ2v) is 10.1. The van der Waals surface area contributed by atoms with Gasteiger partial charge in [-0.2, -0.15) is 10.2 Å². The van der Waals surface area contributed by atoms with Crippen molar-refractivity contribution >= 4 is 11.6 Å². The molecule has 7 nitrogen and oxygen atoms in total. The van der Waals surface area contributed by atoms with Gasteiger partial charge in [-0.15, -0.1) is 0 Å². The molecule has 3 aromatic rings. The monoisotopic (exact) mass is 500 g/mol. The number of halogens is 2. The summed E-state index contributed by atoms with van der Waals surface area (Å²) in [6.45, 7) is 8.91. The number of nitrogens with zero attached hydrogens (tertiary/aromatic N) is 5. The van der Waals surface area contributed by atoms with E-state index in [0.29, 0.717) is 36.7 Å². The van der Waals surface area contributed by atoms with Gasteiger partial charge in [-0.1, -0.05) is 26.7 Å². The molecule has 0 radical (unpaired) electrons. The number of fused-ring (bicyclic) bond motifs is 1. The molecule has 196 valence electrons. The lowest BCUT2D eigenvalue weighted by atomic mass is 9.81. The van der Waals surface area contributed by atoms with Crippen LogP contribution in [0, 0.1) is 12.8 Å². The molecular formula is C27H38F2N6O. The van der Waals surface area contributed by atoms with Crippen LogP contribution in [-0.4, -0.2) is 36.2 Å². The van der Waals surface area contributed by atoms with E-state index in [1.807, 2.05) is 20.0 Å². The van der Waals surface area contributed by atoms with Crippen molar-refractivity contribution in [1.82, 2.24) is 29.7 Å². The number of hydrogen-bond donors (Lipinski definition) is 1. The fourth-order valence-electron chi connectivity index (χ4n) is 5.58. The second kappa shape index (κ2) is 11.0. The van der Waals surface area contributed by atoms with Crippen LogP contribution in [0.15, 0.2) is 24.5 Å². The number of carbonyl (C=O) groups is 1. The van der Waals surface area contributed by atoms with Crippen molar-refractivity contribution in [2.45, 2.75) is 103 Å². The van der Waals surface area contributed by atoms with Gasteiger partial charge in [-0.3, -0.25) is 9.48 Å². The van der Waals surface area contributed by atoms with Crippen LogP contribution in [0.4, 0.5) is 8.78 Å². The van der Waals surface area contributed by atoms with Crippen LogP contribution in [0.5, 0.6) is 0 Å². The first-order valence-corrected chi connectivity index (χ1v) is 13.3. The highest BCUT2D eigenvalue weighted by atomic mass is 19.3. The van der Waals surface area contributed by atoms with E-state index in [4.69, 9.17) is 10.1 Å². The third-order valence-corrected chi connectivity index (χ3v) is 7.49. The molecule has 9 heteroatoms. The molecule has 3 heterocycles. The van der Waals surface area contributed by atoms with Crippen LogP contribution >= 0.6 is 0 Å². The molecule has 1 aliphatic carbocycles. The van der Waals surface area contributed by atoms with Crippen molar-refractivity contribution in [3.8, 4) is 0 Å². The molecule has 4 rings (SSSR count). The summed E-state index contributed by atoms with van der Waals surface area (Å²) in [7, 11) is 0. The minimum atomic E-state index is -2.65. The van der Waals surface area contributed by atoms with Crippen LogP contribution in [0.3, 0.4) is 0 Å². The Morgan fingerprint density at radius 1 is 1.19 bits per heavy atom. The Balaban J connectivity index is 1.69. The van der Waals surface area contributed by atoms with Crippen LogP contribution in [-0.2, 0) is 6.54 Å². The van der Waals surface area contributed by atoms with Crippen LogP contribution in [0.2, 0.25) is 0 Å². The van der Waals surface area contributed by atoms with Crippen molar-refractivity contribution in [1.29, 1.82) is 0 Å². The average molecular weight is 501 g/mol. The summed E-state index contributed by atoms with van der Waals surface area (Å²) >= 11 is 0. The number of carbonyl (C=O) groups excluding carboxylic acids is 1. The van der Waals surface area contributed by atoms with Gasteiger partial charge in [0.2, 0.25) is 5.92 Å². The third-order valence-electron chi connectivity index (χ3n) is 7.49. The molecule has 1 fully saturated rings. The number of rotatable bonds is 10. The van der Waals surface area contributed by atoms with E-state index in [9.17, 15) is 13.6 Å². The summed E-state index contributed by atoms with van der Waals surface area (Å²) < 4.78 is 31.3. The van der Waals surface area contributed by atoms with Crippen LogP contribution in [0.25, 0.3) is 5.65 Å². The lowest BCUT2D eigenvalue weighted by molar-refractivity contribution is -0.0495. The molecule has 1 aliphatic rings. The maximum atomic E-state index is 14.0. The molecule has 1 atom stereocenters. The minimum Gasteiger partial charge on any atom is -0.342 e. The van der Waals surface area contributed by atoms with Crippen molar-refractivity contribution in [2.75, 3.05) is 0 Å². The largest absolute Gasteiger partial charge is 0.342 e. The zero-order chi connectivity index (χ0) is 25.9. The number of imidazole rings is 1. The zero-order valence-corrected chi connectivity index (χ0v) is 21.8. The Labute approximate surface area is 211 Å². The quantitative estimate of drug-likeness (QED) is 0.358. The Morgan fingerprint density at radius 3 is 2.53 bits per heavy atom. The standard InChI is InChI=1S/C27H38F2N6O/c1-5-8-19(9-6-2)21-16-24-31-22(17-35(24)33-18(21)4)25(20-10-13-27(28,29)14-11-20)32-26(36)23-12-15-30-34(23)7-3/h12,15-17,19-20,25H,5-11,13-14H2,1-4H3,(H,32,36). The molecule has 1 amide bonds. The molecule has 0 aliphatic heterocycles. The van der Waals surface area contributed by atoms with Gasteiger partial charge >= 0.3 is 0 Å². The molecular weight excluding hydrogens is 462 g/mol. The molecule has 0 spiro atoms. The first kappa shape index (κ1) is 26.2. The van der Waals surface area contributed by atoms with E-state index in [-0.39, 0.29) is 24.7 Å². The van der Waals surface area contributed by atoms with Crippen molar-refractivity contribution in [2.24, 2.45) is 5.92 Å². The summed E-state index contributed by atoms with van der Waals surface area (Å²) in [4.78, 5) is 18.1. The van der Waals surface area contributed by atoms with Gasteiger partial charge in [-0.25, -0.2) is 18.3 Å². The highest BCUT2D eigenvalue weighted by molar-refractivity contribution is 5.92. The first-order chi connectivity index (χ1) is 17.3. The Kier molecular flexibility index (Phi) is 8.05. The fourth-order valence-corrected chi connectivity index (χ4v) is 5.58. The molecule has 0 aromatic carbocycles. The fraction of sp³-hybridized carbons (Fsp3) is 0.630. The third kappa shape index (κ3) is 5.60. The summed E-state index contributed by atoms with van der Waals surface area (Å²) in [6, 6.07) is 3.30. The van der Waals surface area contributed by atoms with Gasteiger partial charge in [0.1, 0.15) is 5.69 Å². The lowest BCUT2D eigenvalue weighted by Crippen LogP contribution is -2.38. The normalized spacial score (nSPS) is 17.1. The van der Waals surface area contributed by atoms with Crippen molar-refractivity contribution in [3.63, 3.8) is 0 Å². The molecule has 1 N–H and O–H groups in total. The average Bonchev–Trinajstić information content (AvgIpc) is 3.48. The van der Waals surface area contributed by atoms with Gasteiger partial charge in [0.15, 0.2) is 5.65 Å². The Morgan fingerprint density at radius 2 is 1.89 bits per heavy atom. The van der Waals surface area contributed by atoms with E-state index in [2.05, 4.69) is 30.3 Å². The van der Waals surface area contributed by atoms with Crippen LogP contribution < -0.4 is 5.32 Å². The maximum absolute atomic E-state index is 14.0. The topological polar surface area (TPSA) is 77.1 Å². The van der Waals surface area contributed by atoms with Crippen molar-refractivity contribution < 1.29 is 13.6 Å². The highest BCUT2D eigenvalue weighted by Gasteiger charge is 2.39. The number of amides is 1.